The Morgan fingerprint density at radius 1 is 0.164 bits per heavy atom. The lowest BCUT2D eigenvalue weighted by Gasteiger charge is -2.32. The number of hydrogen-bond acceptors (Lipinski definition) is 1. The molecule has 0 fully saturated rings. The normalized spacial score (nSPS) is 10.9. The van der Waals surface area contributed by atoms with Gasteiger partial charge in [0.1, 0.15) is 0 Å². The van der Waals surface area contributed by atoms with Gasteiger partial charge in [0.2, 0.25) is 0 Å². The van der Waals surface area contributed by atoms with Gasteiger partial charge in [0, 0.05) is 16.7 Å². The van der Waals surface area contributed by atoms with E-state index >= 15 is 0 Å². The second-order valence-corrected chi connectivity index (χ2v) is 13.7. The number of benzene rings is 9. The van der Waals surface area contributed by atoms with Gasteiger partial charge in [-0.2, -0.15) is 0 Å². The van der Waals surface area contributed by atoms with E-state index in [4.69, 9.17) is 0 Å². The average Bonchev–Trinajstić information content (AvgIpc) is 3.28. The van der Waals surface area contributed by atoms with Crippen LogP contribution < -0.4 is 4.90 Å². The van der Waals surface area contributed by atoms with E-state index in [1.54, 1.807) is 0 Å². The highest BCUT2D eigenvalue weighted by Gasteiger charge is 2.24. The molecular weight excluding hydrogens is 663 g/mol. The quantitative estimate of drug-likeness (QED) is 0.145. The van der Waals surface area contributed by atoms with Crippen LogP contribution >= 0.6 is 0 Å². The van der Waals surface area contributed by atoms with Crippen LogP contribution in [0.1, 0.15) is 0 Å². The van der Waals surface area contributed by atoms with Crippen molar-refractivity contribution in [2.45, 2.75) is 0 Å². The van der Waals surface area contributed by atoms with Crippen molar-refractivity contribution in [3.8, 4) is 66.8 Å². The van der Waals surface area contributed by atoms with Crippen molar-refractivity contribution in [2.24, 2.45) is 0 Å². The van der Waals surface area contributed by atoms with Gasteiger partial charge in [0.15, 0.2) is 0 Å². The smallest absolute Gasteiger partial charge is 0.0540 e. The van der Waals surface area contributed by atoms with Gasteiger partial charge < -0.3 is 4.90 Å². The maximum Gasteiger partial charge on any atom is 0.0540 e. The van der Waals surface area contributed by atoms with Crippen LogP contribution in [0, 0.1) is 0 Å². The molecule has 0 saturated carbocycles. The summed E-state index contributed by atoms with van der Waals surface area (Å²) < 4.78 is 0. The van der Waals surface area contributed by atoms with Crippen molar-refractivity contribution in [3.05, 3.63) is 237 Å². The standard InChI is InChI=1S/C54H39N/c1-4-20-40(21-5-1)41-36-38-44(39-37-41)47-28-15-18-34-53(47)55(52-33-17-14-27-46(52)43-24-8-3-9-25-43)54-35-19-16-32-51(54)50-31-13-12-30-49(50)48-29-11-10-26-45(48)42-22-6-2-7-23-42/h1-39H. The summed E-state index contributed by atoms with van der Waals surface area (Å²) >= 11 is 0. The fraction of sp³-hybridized carbons (Fsp3) is 0. The van der Waals surface area contributed by atoms with Gasteiger partial charge in [-0.1, -0.05) is 218 Å². The predicted octanol–water partition coefficient (Wildman–Crippen LogP) is 15.2. The van der Waals surface area contributed by atoms with Gasteiger partial charge in [-0.25, -0.2) is 0 Å². The minimum absolute atomic E-state index is 1.10. The van der Waals surface area contributed by atoms with E-state index in [1.165, 1.54) is 44.5 Å². The molecule has 0 bridgehead atoms. The summed E-state index contributed by atoms with van der Waals surface area (Å²) in [5, 5.41) is 0. The Bertz CT molecular complexity index is 2680. The Morgan fingerprint density at radius 3 is 0.909 bits per heavy atom. The third-order valence-corrected chi connectivity index (χ3v) is 10.3. The fourth-order valence-electron chi connectivity index (χ4n) is 7.74. The lowest BCUT2D eigenvalue weighted by molar-refractivity contribution is 1.28. The van der Waals surface area contributed by atoms with Gasteiger partial charge in [0.05, 0.1) is 17.1 Å². The summed E-state index contributed by atoms with van der Waals surface area (Å²) in [5.41, 5.74) is 17.5. The Labute approximate surface area is 324 Å². The van der Waals surface area contributed by atoms with E-state index in [9.17, 15) is 0 Å². The lowest BCUT2D eigenvalue weighted by atomic mass is 9.88. The molecule has 260 valence electrons. The summed E-state index contributed by atoms with van der Waals surface area (Å²) in [4.78, 5) is 2.47. The Kier molecular flexibility index (Phi) is 9.41. The summed E-state index contributed by atoms with van der Waals surface area (Å²) in [7, 11) is 0. The van der Waals surface area contributed by atoms with Crippen molar-refractivity contribution < 1.29 is 0 Å². The molecule has 0 radical (unpaired) electrons. The highest BCUT2D eigenvalue weighted by molar-refractivity contribution is 6.01. The van der Waals surface area contributed by atoms with Crippen LogP contribution in [0.3, 0.4) is 0 Å². The largest absolute Gasteiger partial charge is 0.309 e. The van der Waals surface area contributed by atoms with E-state index in [2.05, 4.69) is 241 Å². The highest BCUT2D eigenvalue weighted by Crippen LogP contribution is 2.49. The molecule has 0 aliphatic rings. The molecule has 0 amide bonds. The minimum Gasteiger partial charge on any atom is -0.309 e. The molecule has 0 unspecified atom stereocenters. The first-order valence-corrected chi connectivity index (χ1v) is 18.9. The van der Waals surface area contributed by atoms with Crippen molar-refractivity contribution in [3.63, 3.8) is 0 Å². The van der Waals surface area contributed by atoms with E-state index in [1.807, 2.05) is 0 Å². The topological polar surface area (TPSA) is 3.24 Å². The molecule has 55 heavy (non-hydrogen) atoms. The minimum atomic E-state index is 1.10. The van der Waals surface area contributed by atoms with Crippen molar-refractivity contribution >= 4 is 17.1 Å². The first-order valence-electron chi connectivity index (χ1n) is 18.9. The van der Waals surface area contributed by atoms with Crippen LogP contribution in [0.5, 0.6) is 0 Å². The number of rotatable bonds is 9. The molecule has 0 aliphatic heterocycles. The van der Waals surface area contributed by atoms with Crippen LogP contribution in [0.2, 0.25) is 0 Å². The van der Waals surface area contributed by atoms with Crippen LogP contribution in [0.25, 0.3) is 66.8 Å². The molecule has 9 aromatic carbocycles. The third kappa shape index (κ3) is 6.76. The zero-order valence-electron chi connectivity index (χ0n) is 30.5. The van der Waals surface area contributed by atoms with Crippen LogP contribution in [-0.4, -0.2) is 0 Å². The van der Waals surface area contributed by atoms with E-state index in [-0.39, 0.29) is 0 Å². The molecule has 0 atom stereocenters. The molecule has 0 aliphatic carbocycles. The number of para-hydroxylation sites is 3. The summed E-state index contributed by atoms with van der Waals surface area (Å²) in [6, 6.07) is 85.0. The van der Waals surface area contributed by atoms with Crippen LogP contribution in [-0.2, 0) is 0 Å². The molecule has 1 nitrogen and oxygen atoms in total. The zero-order valence-corrected chi connectivity index (χ0v) is 30.5. The van der Waals surface area contributed by atoms with Gasteiger partial charge in [-0.3, -0.25) is 0 Å². The lowest BCUT2D eigenvalue weighted by Crippen LogP contribution is -2.13. The molecule has 0 aromatic heterocycles. The Hall–Kier alpha value is -7.22. The van der Waals surface area contributed by atoms with Crippen LogP contribution in [0.15, 0.2) is 237 Å². The molecule has 0 spiro atoms. The molecule has 1 heteroatoms. The molecule has 9 rings (SSSR count). The maximum absolute atomic E-state index is 2.47. The van der Waals surface area contributed by atoms with E-state index < -0.39 is 0 Å². The number of hydrogen-bond donors (Lipinski definition) is 0. The van der Waals surface area contributed by atoms with Crippen molar-refractivity contribution in [1.82, 2.24) is 0 Å². The molecule has 0 saturated heterocycles. The highest BCUT2D eigenvalue weighted by atomic mass is 15.1. The average molecular weight is 702 g/mol. The second-order valence-electron chi connectivity index (χ2n) is 13.7. The summed E-state index contributed by atoms with van der Waals surface area (Å²) in [6.07, 6.45) is 0. The van der Waals surface area contributed by atoms with Gasteiger partial charge in [-0.15, -0.1) is 0 Å². The van der Waals surface area contributed by atoms with Gasteiger partial charge in [-0.05, 0) is 68.3 Å². The molecule has 0 N–H and O–H groups in total. The van der Waals surface area contributed by atoms with Gasteiger partial charge in [0.25, 0.3) is 0 Å². The summed E-state index contributed by atoms with van der Waals surface area (Å²) in [6.45, 7) is 0. The first kappa shape index (κ1) is 33.6. The maximum atomic E-state index is 2.47. The number of nitrogens with zero attached hydrogens (tertiary/aromatic N) is 1. The molecular formula is C54H39N. The first-order chi connectivity index (χ1) is 27.3. The summed E-state index contributed by atoms with van der Waals surface area (Å²) in [5.74, 6) is 0. The predicted molar refractivity (Wildman–Crippen MR) is 234 cm³/mol. The van der Waals surface area contributed by atoms with E-state index in [0.29, 0.717) is 0 Å². The van der Waals surface area contributed by atoms with Crippen molar-refractivity contribution in [1.29, 1.82) is 0 Å². The second kappa shape index (κ2) is 15.4. The van der Waals surface area contributed by atoms with Crippen molar-refractivity contribution in [2.75, 3.05) is 4.90 Å². The number of anilines is 3. The monoisotopic (exact) mass is 701 g/mol. The zero-order chi connectivity index (χ0) is 36.8. The van der Waals surface area contributed by atoms with Gasteiger partial charge >= 0.3 is 0 Å². The SMILES string of the molecule is c1ccc(-c2ccc(-c3ccccc3N(c3ccccc3-c3ccccc3)c3ccccc3-c3ccccc3-c3ccccc3-c3ccccc3)cc2)cc1. The Balaban J connectivity index is 1.27. The van der Waals surface area contributed by atoms with Crippen LogP contribution in [0.4, 0.5) is 17.1 Å². The molecule has 9 aromatic rings. The fourth-order valence-corrected chi connectivity index (χ4v) is 7.74. The Morgan fingerprint density at radius 2 is 0.418 bits per heavy atom. The van der Waals surface area contributed by atoms with E-state index in [0.717, 1.165) is 39.3 Å². The molecule has 0 heterocycles. The third-order valence-electron chi connectivity index (χ3n) is 10.3.